The van der Waals surface area contributed by atoms with Crippen LogP contribution in [0.4, 0.5) is 0 Å². The van der Waals surface area contributed by atoms with Crippen LogP contribution < -0.4 is 0 Å². The van der Waals surface area contributed by atoms with E-state index in [0.29, 0.717) is 5.56 Å². The molecule has 21 heavy (non-hydrogen) atoms. The molecule has 2 amide bonds. The van der Waals surface area contributed by atoms with Gasteiger partial charge in [-0.15, -0.1) is 0 Å². The predicted molar refractivity (Wildman–Crippen MR) is 79.0 cm³/mol. The van der Waals surface area contributed by atoms with Gasteiger partial charge < -0.3 is 9.80 Å². The van der Waals surface area contributed by atoms with Crippen molar-refractivity contribution in [2.24, 2.45) is 0 Å². The molecule has 1 saturated heterocycles. The molecule has 1 aromatic rings. The monoisotopic (exact) mass is 288 g/mol. The average molecular weight is 288 g/mol. The summed E-state index contributed by atoms with van der Waals surface area (Å²) in [5, 5.41) is 0. The summed E-state index contributed by atoms with van der Waals surface area (Å²) in [6.45, 7) is 2.09. The number of carbonyl (C=O) groups excluding carboxylic acids is 3. The van der Waals surface area contributed by atoms with Gasteiger partial charge in [0.2, 0.25) is 11.8 Å². The third-order valence-electron chi connectivity index (χ3n) is 3.63. The van der Waals surface area contributed by atoms with E-state index in [1.54, 1.807) is 19.2 Å². The van der Waals surface area contributed by atoms with Gasteiger partial charge >= 0.3 is 0 Å². The zero-order valence-corrected chi connectivity index (χ0v) is 12.5. The first-order valence-electron chi connectivity index (χ1n) is 7.15. The molecule has 2 rings (SSSR count). The highest BCUT2D eigenvalue weighted by Gasteiger charge is 2.28. The molecule has 0 unspecified atom stereocenters. The molecule has 0 radical (unpaired) electrons. The van der Waals surface area contributed by atoms with E-state index < -0.39 is 0 Å². The Balaban J connectivity index is 2.00. The maximum Gasteiger partial charge on any atom is 0.243 e. The smallest absolute Gasteiger partial charge is 0.243 e. The molecule has 0 atom stereocenters. The van der Waals surface area contributed by atoms with E-state index in [1.807, 2.05) is 12.1 Å². The van der Waals surface area contributed by atoms with Crippen molar-refractivity contribution >= 4 is 17.6 Å². The van der Waals surface area contributed by atoms with Crippen LogP contribution >= 0.6 is 0 Å². The van der Waals surface area contributed by atoms with Crippen LogP contribution in [0.25, 0.3) is 0 Å². The van der Waals surface area contributed by atoms with E-state index in [-0.39, 0.29) is 37.2 Å². The number of carbonyl (C=O) groups is 3. The van der Waals surface area contributed by atoms with Gasteiger partial charge in [0, 0.05) is 12.6 Å². The highest BCUT2D eigenvalue weighted by molar-refractivity contribution is 6.01. The van der Waals surface area contributed by atoms with Crippen molar-refractivity contribution in [1.82, 2.24) is 9.80 Å². The number of Topliss-reactive ketones (excluding diaryl/α,β-unsaturated/α-hetero) is 1. The van der Waals surface area contributed by atoms with Crippen molar-refractivity contribution in [3.05, 3.63) is 35.4 Å². The average Bonchev–Trinajstić information content (AvgIpc) is 2.46. The molecule has 5 heteroatoms. The van der Waals surface area contributed by atoms with Crippen molar-refractivity contribution in [3.63, 3.8) is 0 Å². The van der Waals surface area contributed by atoms with Gasteiger partial charge in [0.05, 0.1) is 13.1 Å². The molecule has 0 aromatic heterocycles. The molecular weight excluding hydrogens is 268 g/mol. The molecule has 1 aromatic carbocycles. The molecular formula is C16H20N2O3. The van der Waals surface area contributed by atoms with Gasteiger partial charge in [-0.2, -0.15) is 0 Å². The third kappa shape index (κ3) is 3.68. The maximum absolute atomic E-state index is 12.2. The van der Waals surface area contributed by atoms with Crippen LogP contribution in [0.15, 0.2) is 24.3 Å². The number of rotatable bonds is 5. The minimum Gasteiger partial charge on any atom is -0.335 e. The fourth-order valence-corrected chi connectivity index (χ4v) is 2.32. The molecule has 0 saturated carbocycles. The molecule has 112 valence electrons. The van der Waals surface area contributed by atoms with E-state index >= 15 is 0 Å². The Kier molecular flexibility index (Phi) is 4.73. The number of hydrogen-bond acceptors (Lipinski definition) is 3. The summed E-state index contributed by atoms with van der Waals surface area (Å²) in [6.07, 6.45) is 2.05. The number of hydrogen-bond donors (Lipinski definition) is 0. The lowest BCUT2D eigenvalue weighted by Gasteiger charge is -2.31. The van der Waals surface area contributed by atoms with Crippen molar-refractivity contribution < 1.29 is 14.4 Å². The highest BCUT2D eigenvalue weighted by Crippen LogP contribution is 2.10. The Morgan fingerprint density at radius 2 is 1.76 bits per heavy atom. The minimum absolute atomic E-state index is 0.0189. The number of piperazine rings is 1. The standard InChI is InChI=1S/C16H20N2O3/c1-3-4-12-5-7-13(8-6-12)14(19)9-18-11-15(20)17(2)10-16(18)21/h5-8H,3-4,9-11H2,1-2H3. The summed E-state index contributed by atoms with van der Waals surface area (Å²) < 4.78 is 0. The van der Waals surface area contributed by atoms with Crippen LogP contribution in [0.3, 0.4) is 0 Å². The number of likely N-dealkylation sites (N-methyl/N-ethyl adjacent to an activating group) is 1. The number of aryl methyl sites for hydroxylation is 1. The van der Waals surface area contributed by atoms with Gasteiger partial charge in [-0.25, -0.2) is 0 Å². The van der Waals surface area contributed by atoms with Gasteiger partial charge in [-0.3, -0.25) is 14.4 Å². The number of nitrogens with zero attached hydrogens (tertiary/aromatic N) is 2. The van der Waals surface area contributed by atoms with Crippen molar-refractivity contribution in [3.8, 4) is 0 Å². The molecule has 0 bridgehead atoms. The van der Waals surface area contributed by atoms with Crippen molar-refractivity contribution in [2.45, 2.75) is 19.8 Å². The Hall–Kier alpha value is -2.17. The summed E-state index contributed by atoms with van der Waals surface area (Å²) in [7, 11) is 1.59. The van der Waals surface area contributed by atoms with Crippen LogP contribution in [-0.4, -0.2) is 54.1 Å². The van der Waals surface area contributed by atoms with Crippen LogP contribution in [-0.2, 0) is 16.0 Å². The summed E-state index contributed by atoms with van der Waals surface area (Å²) in [6, 6.07) is 7.45. The van der Waals surface area contributed by atoms with E-state index in [4.69, 9.17) is 0 Å². The lowest BCUT2D eigenvalue weighted by atomic mass is 10.0. The van der Waals surface area contributed by atoms with Crippen LogP contribution in [0, 0.1) is 0 Å². The second-order valence-electron chi connectivity index (χ2n) is 5.37. The van der Waals surface area contributed by atoms with Crippen LogP contribution in [0.5, 0.6) is 0 Å². The minimum atomic E-state index is -0.187. The molecule has 1 aliphatic rings. The van der Waals surface area contributed by atoms with Crippen LogP contribution in [0.2, 0.25) is 0 Å². The largest absolute Gasteiger partial charge is 0.335 e. The van der Waals surface area contributed by atoms with Gasteiger partial charge in [0.25, 0.3) is 0 Å². The zero-order chi connectivity index (χ0) is 15.4. The van der Waals surface area contributed by atoms with Gasteiger partial charge in [-0.05, 0) is 12.0 Å². The summed E-state index contributed by atoms with van der Waals surface area (Å²) in [5.41, 5.74) is 1.77. The molecule has 1 heterocycles. The Bertz CT molecular complexity index is 551. The normalized spacial score (nSPS) is 15.5. The summed E-state index contributed by atoms with van der Waals surface area (Å²) in [5.74, 6) is -0.461. The number of benzene rings is 1. The third-order valence-corrected chi connectivity index (χ3v) is 3.63. The molecule has 0 aliphatic carbocycles. The predicted octanol–water partition coefficient (Wildman–Crippen LogP) is 1.12. The molecule has 0 N–H and O–H groups in total. The first kappa shape index (κ1) is 15.2. The molecule has 1 fully saturated rings. The second-order valence-corrected chi connectivity index (χ2v) is 5.37. The summed E-state index contributed by atoms with van der Waals surface area (Å²) >= 11 is 0. The topological polar surface area (TPSA) is 57.7 Å². The summed E-state index contributed by atoms with van der Waals surface area (Å²) in [4.78, 5) is 38.3. The second kappa shape index (κ2) is 6.52. The van der Waals surface area contributed by atoms with E-state index in [9.17, 15) is 14.4 Å². The zero-order valence-electron chi connectivity index (χ0n) is 12.5. The Labute approximate surface area is 124 Å². The first-order valence-corrected chi connectivity index (χ1v) is 7.15. The fraction of sp³-hybridized carbons (Fsp3) is 0.438. The first-order chi connectivity index (χ1) is 10.0. The van der Waals surface area contributed by atoms with Crippen LogP contribution in [0.1, 0.15) is 29.3 Å². The van der Waals surface area contributed by atoms with Crippen molar-refractivity contribution in [1.29, 1.82) is 0 Å². The quantitative estimate of drug-likeness (QED) is 0.763. The Morgan fingerprint density at radius 1 is 1.10 bits per heavy atom. The van der Waals surface area contributed by atoms with Crippen molar-refractivity contribution in [2.75, 3.05) is 26.7 Å². The van der Waals surface area contributed by atoms with Gasteiger partial charge in [0.1, 0.15) is 6.54 Å². The molecule has 5 nitrogen and oxygen atoms in total. The molecule has 0 spiro atoms. The van der Waals surface area contributed by atoms with Gasteiger partial charge in [-0.1, -0.05) is 37.6 Å². The maximum atomic E-state index is 12.2. The Morgan fingerprint density at radius 3 is 2.38 bits per heavy atom. The molecule has 1 aliphatic heterocycles. The fourth-order valence-electron chi connectivity index (χ4n) is 2.32. The lowest BCUT2D eigenvalue weighted by molar-refractivity contribution is -0.148. The number of ketones is 1. The highest BCUT2D eigenvalue weighted by atomic mass is 16.2. The van der Waals surface area contributed by atoms with E-state index in [1.165, 1.54) is 15.4 Å². The lowest BCUT2D eigenvalue weighted by Crippen LogP contribution is -2.53. The van der Waals surface area contributed by atoms with E-state index in [2.05, 4.69) is 6.92 Å². The van der Waals surface area contributed by atoms with E-state index in [0.717, 1.165) is 12.8 Å². The number of amides is 2. The van der Waals surface area contributed by atoms with Gasteiger partial charge in [0.15, 0.2) is 5.78 Å². The SMILES string of the molecule is CCCc1ccc(C(=O)CN2CC(=O)N(C)CC2=O)cc1.